The molecule has 0 aromatic rings. The van der Waals surface area contributed by atoms with Gasteiger partial charge in [0.2, 0.25) is 0 Å². The van der Waals surface area contributed by atoms with Crippen LogP contribution >= 0.6 is 12.6 Å². The predicted molar refractivity (Wildman–Crippen MR) is 85.9 cm³/mol. The van der Waals surface area contributed by atoms with Crippen molar-refractivity contribution in [2.24, 2.45) is 11.3 Å². The maximum atomic E-state index is 4.77. The summed E-state index contributed by atoms with van der Waals surface area (Å²) in [4.78, 5) is 2.89. The van der Waals surface area contributed by atoms with Crippen molar-refractivity contribution in [1.29, 1.82) is 0 Å². The highest BCUT2D eigenvalue weighted by molar-refractivity contribution is 7.80. The largest absolute Gasteiger partial charge is 0.300 e. The molecule has 0 N–H and O–H groups in total. The van der Waals surface area contributed by atoms with Crippen molar-refractivity contribution in [2.75, 3.05) is 18.8 Å². The van der Waals surface area contributed by atoms with Gasteiger partial charge in [-0.15, -0.1) is 0 Å². The van der Waals surface area contributed by atoms with E-state index in [2.05, 4.69) is 4.90 Å². The summed E-state index contributed by atoms with van der Waals surface area (Å²) in [5.74, 6) is 2.15. The van der Waals surface area contributed by atoms with Crippen LogP contribution in [0.4, 0.5) is 0 Å². The van der Waals surface area contributed by atoms with Gasteiger partial charge in [-0.2, -0.15) is 12.6 Å². The van der Waals surface area contributed by atoms with Gasteiger partial charge in [-0.05, 0) is 62.2 Å². The summed E-state index contributed by atoms with van der Waals surface area (Å²) in [6.45, 7) is 2.73. The minimum absolute atomic E-state index is 0.546. The second-order valence-electron chi connectivity index (χ2n) is 7.44. The highest BCUT2D eigenvalue weighted by atomic mass is 32.1. The second-order valence-corrected chi connectivity index (χ2v) is 7.76. The number of rotatable bonds is 3. The van der Waals surface area contributed by atoms with Crippen LogP contribution < -0.4 is 0 Å². The Kier molecular flexibility index (Phi) is 4.79. The summed E-state index contributed by atoms with van der Waals surface area (Å²) in [5.41, 5.74) is 0.546. The Hall–Kier alpha value is 0.310. The Morgan fingerprint density at radius 1 is 0.895 bits per heavy atom. The first-order valence-electron chi connectivity index (χ1n) is 8.68. The van der Waals surface area contributed by atoms with E-state index in [1.54, 1.807) is 0 Å². The zero-order valence-electron chi connectivity index (χ0n) is 12.4. The third-order valence-electron chi connectivity index (χ3n) is 6.15. The maximum Gasteiger partial charge on any atom is 0.0124 e. The topological polar surface area (TPSA) is 3.24 Å². The predicted octanol–water partition coefficient (Wildman–Crippen LogP) is 4.52. The van der Waals surface area contributed by atoms with Crippen LogP contribution in [-0.2, 0) is 0 Å². The van der Waals surface area contributed by atoms with Gasteiger partial charge in [-0.1, -0.05) is 32.1 Å². The third-order valence-corrected chi connectivity index (χ3v) is 6.82. The molecule has 0 radical (unpaired) electrons. The molecule has 1 saturated heterocycles. The average molecular weight is 282 g/mol. The molecule has 0 amide bonds. The molecular formula is C17H31NS. The van der Waals surface area contributed by atoms with E-state index in [0.717, 1.165) is 17.7 Å². The molecule has 0 spiro atoms. The lowest BCUT2D eigenvalue weighted by atomic mass is 9.80. The van der Waals surface area contributed by atoms with Crippen LogP contribution in [0.5, 0.6) is 0 Å². The highest BCUT2D eigenvalue weighted by Crippen LogP contribution is 2.42. The van der Waals surface area contributed by atoms with Gasteiger partial charge in [0.25, 0.3) is 0 Å². The lowest BCUT2D eigenvalue weighted by Gasteiger charge is -2.44. The van der Waals surface area contributed by atoms with Gasteiger partial charge in [0.15, 0.2) is 0 Å². The molecule has 2 heteroatoms. The SMILES string of the molecule is SCC1(CN2CCCC3CCCC32)CCCCCC1. The molecule has 3 fully saturated rings. The summed E-state index contributed by atoms with van der Waals surface area (Å²) >= 11 is 4.77. The zero-order valence-corrected chi connectivity index (χ0v) is 13.3. The fourth-order valence-corrected chi connectivity index (χ4v) is 5.45. The van der Waals surface area contributed by atoms with Crippen LogP contribution in [0.3, 0.4) is 0 Å². The van der Waals surface area contributed by atoms with Crippen LogP contribution in [0, 0.1) is 11.3 Å². The van der Waals surface area contributed by atoms with Crippen molar-refractivity contribution in [3.63, 3.8) is 0 Å². The maximum absolute atomic E-state index is 4.77. The van der Waals surface area contributed by atoms with E-state index in [9.17, 15) is 0 Å². The van der Waals surface area contributed by atoms with Gasteiger partial charge in [-0.3, -0.25) is 4.90 Å². The van der Waals surface area contributed by atoms with E-state index in [0.29, 0.717) is 5.41 Å². The number of hydrogen-bond acceptors (Lipinski definition) is 2. The van der Waals surface area contributed by atoms with Gasteiger partial charge in [0, 0.05) is 12.6 Å². The summed E-state index contributed by atoms with van der Waals surface area (Å²) in [6, 6.07) is 0.939. The Balaban J connectivity index is 1.67. The molecule has 1 aliphatic heterocycles. The van der Waals surface area contributed by atoms with E-state index in [-0.39, 0.29) is 0 Å². The molecule has 0 aromatic heterocycles. The van der Waals surface area contributed by atoms with Gasteiger partial charge in [0.05, 0.1) is 0 Å². The number of fused-ring (bicyclic) bond motifs is 1. The Morgan fingerprint density at radius 2 is 1.63 bits per heavy atom. The molecule has 110 valence electrons. The van der Waals surface area contributed by atoms with Crippen molar-refractivity contribution in [1.82, 2.24) is 4.90 Å². The fourth-order valence-electron chi connectivity index (χ4n) is 5.03. The first-order chi connectivity index (χ1) is 9.33. The summed E-state index contributed by atoms with van der Waals surface area (Å²) < 4.78 is 0. The number of piperidine rings is 1. The van der Waals surface area contributed by atoms with E-state index in [4.69, 9.17) is 12.6 Å². The summed E-state index contributed by atoms with van der Waals surface area (Å²) in [5, 5.41) is 0. The molecule has 1 nitrogen and oxygen atoms in total. The first kappa shape index (κ1) is 14.3. The third kappa shape index (κ3) is 3.15. The summed E-state index contributed by atoms with van der Waals surface area (Å²) in [6.07, 6.45) is 16.1. The van der Waals surface area contributed by atoms with E-state index in [1.807, 2.05) is 0 Å². The second kappa shape index (κ2) is 6.39. The van der Waals surface area contributed by atoms with E-state index < -0.39 is 0 Å². The normalized spacial score (nSPS) is 35.8. The molecule has 2 atom stereocenters. The van der Waals surface area contributed by atoms with E-state index >= 15 is 0 Å². The number of hydrogen-bond donors (Lipinski definition) is 1. The monoisotopic (exact) mass is 281 g/mol. The molecule has 19 heavy (non-hydrogen) atoms. The molecule has 3 aliphatic rings. The molecule has 2 saturated carbocycles. The quantitative estimate of drug-likeness (QED) is 0.588. The minimum atomic E-state index is 0.546. The molecule has 3 rings (SSSR count). The Labute approximate surface area is 124 Å². The lowest BCUT2D eigenvalue weighted by molar-refractivity contribution is 0.0606. The first-order valence-corrected chi connectivity index (χ1v) is 9.31. The van der Waals surface area contributed by atoms with Crippen LogP contribution in [-0.4, -0.2) is 29.8 Å². The standard InChI is InChI=1S/C17H31NS/c19-14-17(10-3-1-2-4-11-17)13-18-12-6-8-15-7-5-9-16(15)18/h15-16,19H,1-14H2. The molecule has 0 bridgehead atoms. The highest BCUT2D eigenvalue weighted by Gasteiger charge is 2.39. The molecule has 1 heterocycles. The van der Waals surface area contributed by atoms with Crippen molar-refractivity contribution >= 4 is 12.6 Å². The number of thiol groups is 1. The van der Waals surface area contributed by atoms with Crippen molar-refractivity contribution in [3.05, 3.63) is 0 Å². The van der Waals surface area contributed by atoms with Gasteiger partial charge >= 0.3 is 0 Å². The zero-order chi connectivity index (χ0) is 13.1. The van der Waals surface area contributed by atoms with Gasteiger partial charge < -0.3 is 0 Å². The molecule has 0 aromatic carbocycles. The van der Waals surface area contributed by atoms with Crippen LogP contribution in [0.25, 0.3) is 0 Å². The van der Waals surface area contributed by atoms with Gasteiger partial charge in [-0.25, -0.2) is 0 Å². The smallest absolute Gasteiger partial charge is 0.0124 e. The number of nitrogens with zero attached hydrogens (tertiary/aromatic N) is 1. The molecule has 2 aliphatic carbocycles. The lowest BCUT2D eigenvalue weighted by Crippen LogP contribution is -2.48. The van der Waals surface area contributed by atoms with Crippen molar-refractivity contribution in [3.8, 4) is 0 Å². The average Bonchev–Trinajstić information content (AvgIpc) is 2.80. The fraction of sp³-hybridized carbons (Fsp3) is 1.00. The van der Waals surface area contributed by atoms with Gasteiger partial charge in [0.1, 0.15) is 0 Å². The molecular weight excluding hydrogens is 250 g/mol. The van der Waals surface area contributed by atoms with Crippen LogP contribution in [0.15, 0.2) is 0 Å². The Morgan fingerprint density at radius 3 is 2.37 bits per heavy atom. The van der Waals surface area contributed by atoms with Crippen LogP contribution in [0.2, 0.25) is 0 Å². The van der Waals surface area contributed by atoms with Crippen molar-refractivity contribution in [2.45, 2.75) is 76.7 Å². The molecule has 2 unspecified atom stereocenters. The summed E-state index contributed by atoms with van der Waals surface area (Å²) in [7, 11) is 0. The Bertz CT molecular complexity index is 283. The number of likely N-dealkylation sites (tertiary alicyclic amines) is 1. The van der Waals surface area contributed by atoms with E-state index in [1.165, 1.54) is 83.7 Å². The van der Waals surface area contributed by atoms with Crippen molar-refractivity contribution < 1.29 is 0 Å². The minimum Gasteiger partial charge on any atom is -0.300 e. The van der Waals surface area contributed by atoms with Crippen LogP contribution in [0.1, 0.15) is 70.6 Å².